The maximum absolute atomic E-state index is 12.6. The molecule has 0 unspecified atom stereocenters. The van der Waals surface area contributed by atoms with E-state index in [4.69, 9.17) is 14.2 Å². The van der Waals surface area contributed by atoms with Crippen LogP contribution in [0.25, 0.3) is 10.9 Å². The Kier molecular flexibility index (Phi) is 8.66. The van der Waals surface area contributed by atoms with E-state index in [0.717, 1.165) is 22.1 Å². The van der Waals surface area contributed by atoms with Crippen LogP contribution in [0, 0.1) is 0 Å². The summed E-state index contributed by atoms with van der Waals surface area (Å²) in [4.78, 5) is 17.1. The molecule has 0 N–H and O–H groups in total. The molecule has 5 nitrogen and oxygen atoms in total. The first-order valence-electron chi connectivity index (χ1n) is 10.0. The van der Waals surface area contributed by atoms with Crippen molar-refractivity contribution in [3.05, 3.63) is 64.9 Å². The van der Waals surface area contributed by atoms with Gasteiger partial charge in [0.25, 0.3) is 0 Å². The number of aromatic nitrogens is 1. The lowest BCUT2D eigenvalue weighted by Gasteiger charge is -2.13. The number of fused-ring (bicyclic) bond motifs is 1. The zero-order valence-corrected chi connectivity index (χ0v) is 18.7. The van der Waals surface area contributed by atoms with Crippen LogP contribution in [0.4, 0.5) is 0 Å². The van der Waals surface area contributed by atoms with Crippen LogP contribution in [0.5, 0.6) is 11.5 Å². The van der Waals surface area contributed by atoms with Gasteiger partial charge in [-0.2, -0.15) is 0 Å². The monoisotopic (exact) mass is 409 g/mol. The lowest BCUT2D eigenvalue weighted by atomic mass is 10.1. The molecule has 0 aliphatic rings. The molecule has 0 aliphatic carbocycles. The van der Waals surface area contributed by atoms with Crippen LogP contribution in [0.15, 0.2) is 59.2 Å². The molecule has 2 aromatic rings. The van der Waals surface area contributed by atoms with Gasteiger partial charge in [-0.3, -0.25) is 0 Å². The van der Waals surface area contributed by atoms with Crippen LogP contribution in [-0.2, 0) is 4.74 Å². The first kappa shape index (κ1) is 23.2. The van der Waals surface area contributed by atoms with Crippen molar-refractivity contribution < 1.29 is 19.0 Å². The molecule has 0 radical (unpaired) electrons. The van der Waals surface area contributed by atoms with Gasteiger partial charge in [-0.05, 0) is 71.9 Å². The normalized spacial score (nSPS) is 10.2. The molecular weight excluding hydrogens is 378 g/mol. The topological polar surface area (TPSA) is 57.7 Å². The van der Waals surface area contributed by atoms with Gasteiger partial charge in [-0.1, -0.05) is 22.8 Å². The molecule has 0 bridgehead atoms. The minimum absolute atomic E-state index is 0.190. The van der Waals surface area contributed by atoms with Gasteiger partial charge in [-0.15, -0.1) is 0 Å². The van der Waals surface area contributed by atoms with Gasteiger partial charge in [0.15, 0.2) is 5.69 Å². The Balaban J connectivity index is 2.44. The largest absolute Gasteiger partial charge is 0.489 e. The quantitative estimate of drug-likeness (QED) is 0.373. The van der Waals surface area contributed by atoms with Crippen LogP contribution in [0.2, 0.25) is 0 Å². The standard InChI is InChI=1S/C25H31NO4/c1-17(2)10-13-28-22-9-7-8-20-23(29-14-11-18(3)4)16-21(26-24(20)22)25(27)30-15-12-19(5)6/h7-12,16H,13-15H2,1-6H3. The number of carbonyl (C=O) groups excluding carboxylic acids is 1. The second-order valence-corrected chi connectivity index (χ2v) is 7.72. The molecule has 0 amide bonds. The molecule has 1 heterocycles. The molecule has 0 fully saturated rings. The molecule has 1 aromatic heterocycles. The Morgan fingerprint density at radius 3 is 2.00 bits per heavy atom. The van der Waals surface area contributed by atoms with Gasteiger partial charge in [0, 0.05) is 11.5 Å². The van der Waals surface area contributed by atoms with E-state index in [1.165, 1.54) is 0 Å². The Bertz CT molecular complexity index is 974. The van der Waals surface area contributed by atoms with E-state index in [1.807, 2.05) is 78.0 Å². The molecule has 2 rings (SSSR count). The summed E-state index contributed by atoms with van der Waals surface area (Å²) in [6, 6.07) is 7.27. The third kappa shape index (κ3) is 7.07. The number of esters is 1. The summed E-state index contributed by atoms with van der Waals surface area (Å²) in [5, 5.41) is 0.785. The molecule has 0 saturated heterocycles. The van der Waals surface area contributed by atoms with Crippen LogP contribution < -0.4 is 9.47 Å². The van der Waals surface area contributed by atoms with Crippen molar-refractivity contribution in [1.29, 1.82) is 0 Å². The third-order valence-corrected chi connectivity index (χ3v) is 4.14. The van der Waals surface area contributed by atoms with Gasteiger partial charge < -0.3 is 14.2 Å². The Hall–Kier alpha value is -3.08. The van der Waals surface area contributed by atoms with Crippen molar-refractivity contribution in [2.75, 3.05) is 19.8 Å². The highest BCUT2D eigenvalue weighted by Crippen LogP contribution is 2.32. The maximum atomic E-state index is 12.6. The van der Waals surface area contributed by atoms with Gasteiger partial charge in [0.1, 0.15) is 36.8 Å². The molecule has 0 spiro atoms. The first-order valence-corrected chi connectivity index (χ1v) is 10.0. The zero-order valence-electron chi connectivity index (χ0n) is 18.7. The van der Waals surface area contributed by atoms with Crippen LogP contribution >= 0.6 is 0 Å². The van der Waals surface area contributed by atoms with E-state index < -0.39 is 5.97 Å². The molecule has 0 atom stereocenters. The molecule has 1 aromatic carbocycles. The summed E-state index contributed by atoms with van der Waals surface area (Å²) in [7, 11) is 0. The van der Waals surface area contributed by atoms with Gasteiger partial charge in [0.2, 0.25) is 0 Å². The number of hydrogen-bond donors (Lipinski definition) is 0. The molecule has 0 aliphatic heterocycles. The first-order chi connectivity index (χ1) is 14.3. The predicted molar refractivity (Wildman–Crippen MR) is 121 cm³/mol. The minimum atomic E-state index is -0.499. The Morgan fingerprint density at radius 2 is 1.40 bits per heavy atom. The van der Waals surface area contributed by atoms with E-state index in [9.17, 15) is 4.79 Å². The average molecular weight is 410 g/mol. The fraction of sp³-hybridized carbons (Fsp3) is 0.360. The number of hydrogen-bond acceptors (Lipinski definition) is 5. The van der Waals surface area contributed by atoms with Gasteiger partial charge in [-0.25, -0.2) is 9.78 Å². The summed E-state index contributed by atoms with van der Waals surface area (Å²) in [5.41, 5.74) is 4.16. The minimum Gasteiger partial charge on any atom is -0.489 e. The maximum Gasteiger partial charge on any atom is 0.357 e. The Morgan fingerprint density at radius 1 is 0.833 bits per heavy atom. The van der Waals surface area contributed by atoms with E-state index in [1.54, 1.807) is 6.07 Å². The number of benzene rings is 1. The van der Waals surface area contributed by atoms with Crippen LogP contribution in [-0.4, -0.2) is 30.8 Å². The van der Waals surface area contributed by atoms with Gasteiger partial charge in [0.05, 0.1) is 0 Å². The van der Waals surface area contributed by atoms with Crippen molar-refractivity contribution in [2.45, 2.75) is 41.5 Å². The van der Waals surface area contributed by atoms with Crippen molar-refractivity contribution in [3.8, 4) is 11.5 Å². The average Bonchev–Trinajstić information content (AvgIpc) is 2.67. The number of ether oxygens (including phenoxy) is 3. The van der Waals surface area contributed by atoms with Crippen molar-refractivity contribution >= 4 is 16.9 Å². The van der Waals surface area contributed by atoms with E-state index in [0.29, 0.717) is 30.2 Å². The fourth-order valence-electron chi connectivity index (χ4n) is 2.49. The summed E-state index contributed by atoms with van der Waals surface area (Å²) in [5.74, 6) is 0.663. The number of para-hydroxylation sites is 1. The van der Waals surface area contributed by atoms with Crippen molar-refractivity contribution in [1.82, 2.24) is 4.98 Å². The fourth-order valence-corrected chi connectivity index (χ4v) is 2.49. The smallest absolute Gasteiger partial charge is 0.357 e. The second-order valence-electron chi connectivity index (χ2n) is 7.72. The molecule has 0 saturated carbocycles. The highest BCUT2D eigenvalue weighted by Gasteiger charge is 2.16. The summed E-state index contributed by atoms with van der Waals surface area (Å²) in [6.07, 6.45) is 5.82. The molecule has 160 valence electrons. The number of allylic oxidation sites excluding steroid dienone is 3. The second kappa shape index (κ2) is 11.2. The van der Waals surface area contributed by atoms with Crippen LogP contribution in [0.3, 0.4) is 0 Å². The number of carbonyl (C=O) groups is 1. The lowest BCUT2D eigenvalue weighted by molar-refractivity contribution is 0.0542. The lowest BCUT2D eigenvalue weighted by Crippen LogP contribution is -2.09. The van der Waals surface area contributed by atoms with Crippen LogP contribution in [0.1, 0.15) is 52.0 Å². The Labute approximate surface area is 179 Å². The third-order valence-electron chi connectivity index (χ3n) is 4.14. The molecule has 30 heavy (non-hydrogen) atoms. The van der Waals surface area contributed by atoms with Crippen molar-refractivity contribution in [2.24, 2.45) is 0 Å². The zero-order chi connectivity index (χ0) is 22.1. The summed E-state index contributed by atoms with van der Waals surface area (Å²) >= 11 is 0. The van der Waals surface area contributed by atoms with Gasteiger partial charge >= 0.3 is 5.97 Å². The van der Waals surface area contributed by atoms with Crippen molar-refractivity contribution in [3.63, 3.8) is 0 Å². The van der Waals surface area contributed by atoms with E-state index >= 15 is 0 Å². The SMILES string of the molecule is CC(C)=CCOC(=O)c1cc(OCC=C(C)C)c2cccc(OCC=C(C)C)c2n1. The summed E-state index contributed by atoms with van der Waals surface area (Å²) < 4.78 is 17.2. The molecular formula is C25H31NO4. The number of nitrogens with zero attached hydrogens (tertiary/aromatic N) is 1. The van der Waals surface area contributed by atoms with E-state index in [2.05, 4.69) is 4.98 Å². The number of rotatable bonds is 9. The molecule has 5 heteroatoms. The summed E-state index contributed by atoms with van der Waals surface area (Å²) in [6.45, 7) is 13.0. The predicted octanol–water partition coefficient (Wildman–Crippen LogP) is 6.05. The highest BCUT2D eigenvalue weighted by molar-refractivity contribution is 5.96. The highest BCUT2D eigenvalue weighted by atomic mass is 16.5. The number of pyridine rings is 1. The van der Waals surface area contributed by atoms with E-state index in [-0.39, 0.29) is 12.3 Å².